The Kier molecular flexibility index (Phi) is 3.84. The van der Waals surface area contributed by atoms with Gasteiger partial charge < -0.3 is 20.7 Å². The largest absolute Gasteiger partial charge is 0.480 e. The molecular formula is C12H18N4O3. The Morgan fingerprint density at radius 1 is 1.68 bits per heavy atom. The highest BCUT2D eigenvalue weighted by molar-refractivity contribution is 5.87. The van der Waals surface area contributed by atoms with Crippen LogP contribution >= 0.6 is 0 Å². The number of aromatic nitrogens is 2. The van der Waals surface area contributed by atoms with Crippen LogP contribution < -0.4 is 5.73 Å². The molecule has 2 atom stereocenters. The number of nitrogens with one attached hydrogen (secondary N) is 1. The third-order valence-corrected chi connectivity index (χ3v) is 3.38. The Balaban J connectivity index is 2.22. The number of nitrogens with two attached hydrogens (primary N) is 1. The van der Waals surface area contributed by atoms with E-state index in [9.17, 15) is 14.7 Å². The molecule has 0 spiro atoms. The van der Waals surface area contributed by atoms with Gasteiger partial charge in [0, 0.05) is 6.42 Å². The summed E-state index contributed by atoms with van der Waals surface area (Å²) >= 11 is 0. The average Bonchev–Trinajstić information content (AvgIpc) is 2.83. The van der Waals surface area contributed by atoms with Crippen molar-refractivity contribution in [2.75, 3.05) is 0 Å². The SMILES string of the molecule is CCC[C@H](N)C(=O)N1Cc2[nH]cnc2CC1C(=O)O. The van der Waals surface area contributed by atoms with Crippen molar-refractivity contribution in [3.8, 4) is 0 Å². The molecule has 1 aliphatic rings. The monoisotopic (exact) mass is 266 g/mol. The van der Waals surface area contributed by atoms with E-state index in [1.165, 1.54) is 11.2 Å². The summed E-state index contributed by atoms with van der Waals surface area (Å²) < 4.78 is 0. The van der Waals surface area contributed by atoms with E-state index in [0.29, 0.717) is 12.1 Å². The molecule has 1 amide bonds. The van der Waals surface area contributed by atoms with Crippen molar-refractivity contribution in [3.63, 3.8) is 0 Å². The number of rotatable bonds is 4. The molecule has 0 bridgehead atoms. The Labute approximate surface area is 110 Å². The van der Waals surface area contributed by atoms with E-state index in [-0.39, 0.29) is 18.9 Å². The maximum atomic E-state index is 12.2. The number of hydrogen-bond acceptors (Lipinski definition) is 4. The summed E-state index contributed by atoms with van der Waals surface area (Å²) in [4.78, 5) is 31.9. The fraction of sp³-hybridized carbons (Fsp3) is 0.583. The zero-order valence-electron chi connectivity index (χ0n) is 10.8. The number of fused-ring (bicyclic) bond motifs is 1. The van der Waals surface area contributed by atoms with Gasteiger partial charge in [-0.25, -0.2) is 9.78 Å². The molecule has 2 heterocycles. The van der Waals surface area contributed by atoms with Crippen LogP contribution in [0.3, 0.4) is 0 Å². The van der Waals surface area contributed by atoms with Crippen molar-refractivity contribution < 1.29 is 14.7 Å². The third-order valence-electron chi connectivity index (χ3n) is 3.38. The first-order valence-corrected chi connectivity index (χ1v) is 6.34. The van der Waals surface area contributed by atoms with Crippen molar-refractivity contribution in [3.05, 3.63) is 17.7 Å². The van der Waals surface area contributed by atoms with E-state index in [0.717, 1.165) is 12.1 Å². The number of carbonyl (C=O) groups excluding carboxylic acids is 1. The molecule has 0 saturated heterocycles. The summed E-state index contributed by atoms with van der Waals surface area (Å²) in [5.41, 5.74) is 7.30. The summed E-state index contributed by atoms with van der Waals surface area (Å²) in [7, 11) is 0. The lowest BCUT2D eigenvalue weighted by atomic mass is 10.0. The highest BCUT2D eigenvalue weighted by atomic mass is 16.4. The van der Waals surface area contributed by atoms with Crippen molar-refractivity contribution >= 4 is 11.9 Å². The van der Waals surface area contributed by atoms with Crippen molar-refractivity contribution in [1.29, 1.82) is 0 Å². The number of carboxylic acid groups (broad SMARTS) is 1. The smallest absolute Gasteiger partial charge is 0.326 e. The number of nitrogens with zero attached hydrogens (tertiary/aromatic N) is 2. The molecule has 4 N–H and O–H groups in total. The van der Waals surface area contributed by atoms with Crippen molar-refractivity contribution in [2.24, 2.45) is 5.73 Å². The molecule has 1 aromatic heterocycles. The minimum Gasteiger partial charge on any atom is -0.480 e. The van der Waals surface area contributed by atoms with Crippen LogP contribution in [0, 0.1) is 0 Å². The first-order chi connectivity index (χ1) is 9.04. The van der Waals surface area contributed by atoms with Crippen LogP contribution in [0.15, 0.2) is 6.33 Å². The maximum absolute atomic E-state index is 12.2. The fourth-order valence-electron chi connectivity index (χ4n) is 2.34. The van der Waals surface area contributed by atoms with Crippen LogP contribution in [0.5, 0.6) is 0 Å². The molecule has 0 aromatic carbocycles. The van der Waals surface area contributed by atoms with Crippen LogP contribution in [0.1, 0.15) is 31.2 Å². The maximum Gasteiger partial charge on any atom is 0.326 e. The second-order valence-electron chi connectivity index (χ2n) is 4.75. The van der Waals surface area contributed by atoms with Gasteiger partial charge >= 0.3 is 5.97 Å². The van der Waals surface area contributed by atoms with Gasteiger partial charge in [0.05, 0.1) is 30.3 Å². The number of hydrogen-bond donors (Lipinski definition) is 3. The van der Waals surface area contributed by atoms with Gasteiger partial charge in [0.15, 0.2) is 0 Å². The van der Waals surface area contributed by atoms with Crippen molar-refractivity contribution in [2.45, 2.75) is 44.8 Å². The number of aliphatic carboxylic acids is 1. The molecule has 0 radical (unpaired) electrons. The van der Waals surface area contributed by atoms with E-state index in [1.54, 1.807) is 0 Å². The Hall–Kier alpha value is -1.89. The molecule has 7 heteroatoms. The van der Waals surface area contributed by atoms with Gasteiger partial charge in [0.25, 0.3) is 0 Å². The quantitative estimate of drug-likeness (QED) is 0.703. The van der Waals surface area contributed by atoms with E-state index >= 15 is 0 Å². The summed E-state index contributed by atoms with van der Waals surface area (Å²) in [6.45, 7) is 2.16. The zero-order valence-corrected chi connectivity index (χ0v) is 10.8. The number of imidazole rings is 1. The number of aromatic amines is 1. The molecule has 2 rings (SSSR count). The minimum absolute atomic E-state index is 0.221. The third kappa shape index (κ3) is 2.60. The van der Waals surface area contributed by atoms with Gasteiger partial charge in [-0.1, -0.05) is 13.3 Å². The topological polar surface area (TPSA) is 112 Å². The summed E-state index contributed by atoms with van der Waals surface area (Å²) in [5, 5.41) is 9.26. The molecule has 1 unspecified atom stereocenters. The Morgan fingerprint density at radius 2 is 2.42 bits per heavy atom. The van der Waals surface area contributed by atoms with Gasteiger partial charge in [-0.05, 0) is 6.42 Å². The Bertz CT molecular complexity index is 485. The van der Waals surface area contributed by atoms with Crippen molar-refractivity contribution in [1.82, 2.24) is 14.9 Å². The van der Waals surface area contributed by atoms with Gasteiger partial charge in [-0.2, -0.15) is 0 Å². The van der Waals surface area contributed by atoms with Crippen LogP contribution in [0.4, 0.5) is 0 Å². The van der Waals surface area contributed by atoms with Crippen LogP contribution in [0.25, 0.3) is 0 Å². The lowest BCUT2D eigenvalue weighted by molar-refractivity contribution is -0.152. The first kappa shape index (κ1) is 13.5. The number of carbonyl (C=O) groups is 2. The first-order valence-electron chi connectivity index (χ1n) is 6.34. The number of amides is 1. The molecule has 0 aliphatic carbocycles. The molecule has 1 aromatic rings. The van der Waals surface area contributed by atoms with E-state index in [4.69, 9.17) is 5.73 Å². The zero-order chi connectivity index (χ0) is 14.0. The molecule has 19 heavy (non-hydrogen) atoms. The summed E-state index contributed by atoms with van der Waals surface area (Å²) in [5.74, 6) is -1.33. The summed E-state index contributed by atoms with van der Waals surface area (Å²) in [6.07, 6.45) is 3.08. The van der Waals surface area contributed by atoms with E-state index in [1.807, 2.05) is 6.92 Å². The predicted molar refractivity (Wildman–Crippen MR) is 67.1 cm³/mol. The second kappa shape index (κ2) is 5.40. The minimum atomic E-state index is -1.02. The van der Waals surface area contributed by atoms with Gasteiger partial charge in [0.2, 0.25) is 5.91 Å². The number of carboxylic acids is 1. The van der Waals surface area contributed by atoms with Crippen LogP contribution in [-0.2, 0) is 22.6 Å². The predicted octanol–water partition coefficient (Wildman–Crippen LogP) is -0.125. The molecule has 0 fully saturated rings. The van der Waals surface area contributed by atoms with Crippen LogP contribution in [-0.4, -0.2) is 43.9 Å². The fourth-order valence-corrected chi connectivity index (χ4v) is 2.34. The highest BCUT2D eigenvalue weighted by Crippen LogP contribution is 2.21. The molecule has 1 aliphatic heterocycles. The second-order valence-corrected chi connectivity index (χ2v) is 4.75. The molecular weight excluding hydrogens is 248 g/mol. The lowest BCUT2D eigenvalue weighted by Gasteiger charge is -2.34. The van der Waals surface area contributed by atoms with Gasteiger partial charge in [-0.3, -0.25) is 4.79 Å². The lowest BCUT2D eigenvalue weighted by Crippen LogP contribution is -2.53. The van der Waals surface area contributed by atoms with Gasteiger partial charge in [0.1, 0.15) is 6.04 Å². The standard InChI is InChI=1S/C12H18N4O3/c1-2-3-7(13)11(17)16-5-9-8(14-6-15-9)4-10(16)12(18)19/h6-7,10H,2-5,13H2,1H3,(H,14,15)(H,18,19)/t7-,10?/m0/s1. The van der Waals surface area contributed by atoms with Gasteiger partial charge in [-0.15, -0.1) is 0 Å². The molecule has 7 nitrogen and oxygen atoms in total. The van der Waals surface area contributed by atoms with E-state index in [2.05, 4.69) is 9.97 Å². The molecule has 104 valence electrons. The number of H-pyrrole nitrogens is 1. The summed E-state index contributed by atoms with van der Waals surface area (Å²) in [6, 6.07) is -1.53. The highest BCUT2D eigenvalue weighted by Gasteiger charge is 2.37. The normalized spacial score (nSPS) is 19.9. The van der Waals surface area contributed by atoms with Crippen LogP contribution in [0.2, 0.25) is 0 Å². The molecule has 0 saturated carbocycles. The van der Waals surface area contributed by atoms with E-state index < -0.39 is 18.1 Å². The average molecular weight is 266 g/mol. The Morgan fingerprint density at radius 3 is 3.05 bits per heavy atom.